The molecule has 0 unspecified atom stereocenters. The van der Waals surface area contributed by atoms with Gasteiger partial charge in [0.15, 0.2) is 0 Å². The maximum Gasteiger partial charge on any atom is 0.0410 e. The van der Waals surface area contributed by atoms with Gasteiger partial charge in [-0.15, -0.1) is 0 Å². The van der Waals surface area contributed by atoms with Gasteiger partial charge in [-0.05, 0) is 143 Å². The highest BCUT2D eigenvalue weighted by atomic mass is 15.1. The van der Waals surface area contributed by atoms with Crippen molar-refractivity contribution in [3.05, 3.63) is 166 Å². The first-order valence-electron chi connectivity index (χ1n) is 20.0. The number of hydrogen-bond acceptors (Lipinski definition) is 4. The summed E-state index contributed by atoms with van der Waals surface area (Å²) >= 11 is 0. The van der Waals surface area contributed by atoms with Crippen molar-refractivity contribution in [2.75, 3.05) is 38.0 Å². The summed E-state index contributed by atoms with van der Waals surface area (Å²) in [6, 6.07) is 42.9. The molecule has 0 N–H and O–H groups in total. The lowest BCUT2D eigenvalue weighted by Crippen LogP contribution is -2.11. The van der Waals surface area contributed by atoms with Gasteiger partial charge in [-0.2, -0.15) is 0 Å². The van der Waals surface area contributed by atoms with Crippen molar-refractivity contribution in [2.45, 2.75) is 73.1 Å². The number of nitrogens with zero attached hydrogens (tertiary/aromatic N) is 4. The molecule has 4 heteroatoms. The lowest BCUT2D eigenvalue weighted by molar-refractivity contribution is 0.903. The smallest absolute Gasteiger partial charge is 0.0410 e. The van der Waals surface area contributed by atoms with Crippen LogP contribution < -0.4 is 9.80 Å². The molecule has 0 radical (unpaired) electrons. The minimum Gasteiger partial charge on any atom is -0.378 e. The zero-order chi connectivity index (χ0) is 39.2. The van der Waals surface area contributed by atoms with Gasteiger partial charge in [0.1, 0.15) is 0 Å². The van der Waals surface area contributed by atoms with E-state index in [4.69, 9.17) is 9.97 Å². The normalized spacial score (nSPS) is 11.2. The van der Waals surface area contributed by atoms with E-state index in [9.17, 15) is 0 Å². The van der Waals surface area contributed by atoms with Gasteiger partial charge >= 0.3 is 0 Å². The van der Waals surface area contributed by atoms with Crippen molar-refractivity contribution in [3.8, 4) is 11.1 Å². The third-order valence-electron chi connectivity index (χ3n) is 10.7. The number of aryl methyl sites for hydroxylation is 6. The lowest BCUT2D eigenvalue weighted by atomic mass is 9.84. The van der Waals surface area contributed by atoms with Crippen LogP contribution in [0.4, 0.5) is 11.4 Å². The summed E-state index contributed by atoms with van der Waals surface area (Å²) in [5.74, 6) is 0.195. The van der Waals surface area contributed by atoms with Gasteiger partial charge in [-0.1, -0.05) is 99.5 Å². The highest BCUT2D eigenvalue weighted by Gasteiger charge is 2.19. The van der Waals surface area contributed by atoms with Gasteiger partial charge < -0.3 is 9.80 Å². The molecule has 4 nitrogen and oxygen atoms in total. The Balaban J connectivity index is 0.000000188. The minimum atomic E-state index is 0.195. The third kappa shape index (κ3) is 8.92. The van der Waals surface area contributed by atoms with Crippen LogP contribution in [-0.4, -0.2) is 38.2 Å². The molecule has 0 aliphatic heterocycles. The summed E-state index contributed by atoms with van der Waals surface area (Å²) in [4.78, 5) is 13.9. The Bertz CT molecular complexity index is 2230. The van der Waals surface area contributed by atoms with E-state index >= 15 is 0 Å². The molecular weight excluding hydrogens is 669 g/mol. The van der Waals surface area contributed by atoms with E-state index < -0.39 is 0 Å². The first kappa shape index (κ1) is 39.2. The van der Waals surface area contributed by atoms with E-state index in [1.807, 2.05) is 0 Å². The maximum atomic E-state index is 4.80. The molecule has 5 aromatic carbocycles. The molecule has 0 fully saturated rings. The monoisotopic (exact) mass is 726 g/mol. The SMILES string of the molecule is CCc1cc(-c2c3ccc(C)cc3cc3cc(C)ccc23)cc(CC)n1.CCc1cc(C(c2ccc(N(C)C)cc2)c2ccc(N(C)C)cc2)cc(CC)n1. The van der Waals surface area contributed by atoms with Crippen molar-refractivity contribution in [2.24, 2.45) is 0 Å². The summed E-state index contributed by atoms with van der Waals surface area (Å²) in [5, 5.41) is 5.27. The summed E-state index contributed by atoms with van der Waals surface area (Å²) in [6.45, 7) is 13.0. The van der Waals surface area contributed by atoms with Crippen LogP contribution in [0.3, 0.4) is 0 Å². The fourth-order valence-corrected chi connectivity index (χ4v) is 7.55. The molecule has 282 valence electrons. The molecule has 7 rings (SSSR count). The lowest BCUT2D eigenvalue weighted by Gasteiger charge is -2.22. The number of benzene rings is 5. The topological polar surface area (TPSA) is 32.3 Å². The zero-order valence-corrected chi connectivity index (χ0v) is 34.7. The Hall–Kier alpha value is -5.48. The average molecular weight is 727 g/mol. The maximum absolute atomic E-state index is 4.80. The zero-order valence-electron chi connectivity index (χ0n) is 34.7. The molecular formula is C51H58N4. The van der Waals surface area contributed by atoms with Crippen LogP contribution in [0, 0.1) is 13.8 Å². The van der Waals surface area contributed by atoms with E-state index in [-0.39, 0.29) is 5.92 Å². The Kier molecular flexibility index (Phi) is 12.4. The first-order chi connectivity index (χ1) is 26.5. The van der Waals surface area contributed by atoms with E-state index in [2.05, 4.69) is 195 Å². The van der Waals surface area contributed by atoms with Crippen LogP contribution in [0.1, 0.15) is 84.2 Å². The van der Waals surface area contributed by atoms with Gasteiger partial charge in [0.25, 0.3) is 0 Å². The van der Waals surface area contributed by atoms with Crippen LogP contribution in [0.2, 0.25) is 0 Å². The second-order valence-electron chi connectivity index (χ2n) is 15.2. The highest BCUT2D eigenvalue weighted by Crippen LogP contribution is 2.38. The number of anilines is 2. The van der Waals surface area contributed by atoms with Crippen LogP contribution in [0.5, 0.6) is 0 Å². The predicted molar refractivity (Wildman–Crippen MR) is 238 cm³/mol. The van der Waals surface area contributed by atoms with Gasteiger partial charge in [0.2, 0.25) is 0 Å². The number of hydrogen-bond donors (Lipinski definition) is 0. The van der Waals surface area contributed by atoms with E-state index in [0.717, 1.165) is 25.7 Å². The summed E-state index contributed by atoms with van der Waals surface area (Å²) < 4.78 is 0. The third-order valence-corrected chi connectivity index (χ3v) is 10.7. The highest BCUT2D eigenvalue weighted by molar-refractivity contribution is 6.13. The van der Waals surface area contributed by atoms with Crippen molar-refractivity contribution >= 4 is 32.9 Å². The molecule has 0 aliphatic carbocycles. The molecule has 0 saturated carbocycles. The standard InChI is InChI=1S/C26H33N3.C25H25N/c1-7-22-17-21(18-23(8-2)27-22)26(19-9-13-24(14-10-19)28(3)4)20-11-15-25(16-12-20)29(5)6;1-5-21-14-20(15-22(6-2)26-21)25-23-9-7-16(3)11-18(23)13-19-12-17(4)8-10-24(19)25/h9-18,26H,7-8H2,1-6H3;7-15H,5-6H2,1-4H3. The van der Waals surface area contributed by atoms with Crippen LogP contribution in [0.15, 0.2) is 115 Å². The molecule has 0 spiro atoms. The van der Waals surface area contributed by atoms with Gasteiger partial charge in [-0.25, -0.2) is 0 Å². The van der Waals surface area contributed by atoms with Crippen LogP contribution in [-0.2, 0) is 25.7 Å². The van der Waals surface area contributed by atoms with Crippen molar-refractivity contribution in [1.29, 1.82) is 0 Å². The predicted octanol–water partition coefficient (Wildman–Crippen LogP) is 12.3. The summed E-state index contributed by atoms with van der Waals surface area (Å²) in [6.07, 6.45) is 3.82. The largest absolute Gasteiger partial charge is 0.378 e. The summed E-state index contributed by atoms with van der Waals surface area (Å²) in [5.41, 5.74) is 16.3. The second-order valence-corrected chi connectivity index (χ2v) is 15.2. The first-order valence-corrected chi connectivity index (χ1v) is 20.0. The van der Waals surface area contributed by atoms with Crippen LogP contribution >= 0.6 is 0 Å². The molecule has 0 saturated heterocycles. The Morgan fingerprint density at radius 3 is 1.18 bits per heavy atom. The van der Waals surface area contributed by atoms with Crippen LogP contribution in [0.25, 0.3) is 32.7 Å². The second kappa shape index (κ2) is 17.3. The average Bonchev–Trinajstić information content (AvgIpc) is 3.20. The molecule has 2 heterocycles. The molecule has 55 heavy (non-hydrogen) atoms. The van der Waals surface area contributed by atoms with E-state index in [0.29, 0.717) is 0 Å². The molecule has 0 aliphatic rings. The van der Waals surface area contributed by atoms with Gasteiger partial charge in [-0.3, -0.25) is 9.97 Å². The van der Waals surface area contributed by atoms with Crippen molar-refractivity contribution < 1.29 is 0 Å². The van der Waals surface area contributed by atoms with E-state index in [1.54, 1.807) is 0 Å². The van der Waals surface area contributed by atoms with Gasteiger partial charge in [0, 0.05) is 68.3 Å². The Labute approximate surface area is 329 Å². The summed E-state index contributed by atoms with van der Waals surface area (Å²) in [7, 11) is 8.32. The van der Waals surface area contributed by atoms with Crippen molar-refractivity contribution in [3.63, 3.8) is 0 Å². The molecule has 0 amide bonds. The minimum absolute atomic E-state index is 0.195. The molecule has 7 aromatic rings. The number of fused-ring (bicyclic) bond motifs is 2. The van der Waals surface area contributed by atoms with Crippen molar-refractivity contribution in [1.82, 2.24) is 9.97 Å². The number of aromatic nitrogens is 2. The quantitative estimate of drug-likeness (QED) is 0.131. The Morgan fingerprint density at radius 1 is 0.436 bits per heavy atom. The molecule has 0 atom stereocenters. The molecule has 0 bridgehead atoms. The molecule has 2 aromatic heterocycles. The number of rotatable bonds is 10. The fraction of sp³-hybridized carbons (Fsp3) is 0.294. The Morgan fingerprint density at radius 2 is 0.818 bits per heavy atom. The number of pyridine rings is 2. The van der Waals surface area contributed by atoms with Gasteiger partial charge in [0.05, 0.1) is 0 Å². The fourth-order valence-electron chi connectivity index (χ4n) is 7.55. The van der Waals surface area contributed by atoms with E-state index in [1.165, 1.54) is 94.6 Å².